The molecular weight excluding hydrogens is 842 g/mol. The van der Waals surface area contributed by atoms with Crippen molar-refractivity contribution in [1.29, 1.82) is 0 Å². The van der Waals surface area contributed by atoms with Gasteiger partial charge < -0.3 is 29.7 Å². The lowest BCUT2D eigenvalue weighted by atomic mass is 9.91. The Hall–Kier alpha value is -6.60. The van der Waals surface area contributed by atoms with E-state index in [2.05, 4.69) is 15.8 Å². The monoisotopic (exact) mass is 888 g/mol. The maximum atomic E-state index is 14.6. The Balaban J connectivity index is 1.25. The molecule has 0 spiro atoms. The molecule has 2 amide bonds. The Morgan fingerprint density at radius 1 is 0.714 bits per heavy atom. The summed E-state index contributed by atoms with van der Waals surface area (Å²) in [5.41, 5.74) is 2.70. The zero-order chi connectivity index (χ0) is 44.4. The number of esters is 1. The summed E-state index contributed by atoms with van der Waals surface area (Å²) in [6.07, 6.45) is -1.05. The lowest BCUT2D eigenvalue weighted by Gasteiger charge is -2.25. The molecule has 15 heteroatoms. The van der Waals surface area contributed by atoms with Crippen molar-refractivity contribution in [2.45, 2.75) is 50.0 Å². The van der Waals surface area contributed by atoms with Crippen molar-refractivity contribution in [2.24, 2.45) is 5.92 Å². The molecule has 0 aliphatic heterocycles. The van der Waals surface area contributed by atoms with Gasteiger partial charge in [0, 0.05) is 48.1 Å². The second-order valence-electron chi connectivity index (χ2n) is 14.7. The van der Waals surface area contributed by atoms with Crippen LogP contribution in [0.25, 0.3) is 11.3 Å². The molecule has 3 unspecified atom stereocenters. The fraction of sp³-hybridized carbons (Fsp3) is 0.229. The summed E-state index contributed by atoms with van der Waals surface area (Å²) in [6, 6.07) is 41.7. The molecule has 6 aromatic rings. The SMILES string of the molecule is O=C(N[C@H](Cc1ccccc1)C(C[C@H](Cc1cc(-c2ccccc2)no1)C(=O)NC(Cc1ccc(O)cc1)C(=O)OCCSC(=O)c1ccccc1)[P+](=O)O)OCc1ccccc1. The van der Waals surface area contributed by atoms with Crippen molar-refractivity contribution < 1.29 is 47.7 Å². The summed E-state index contributed by atoms with van der Waals surface area (Å²) in [5.74, 6) is -2.07. The molecule has 0 aliphatic carbocycles. The van der Waals surface area contributed by atoms with Gasteiger partial charge in [-0.25, -0.2) is 9.59 Å². The number of hydrogen-bond acceptors (Lipinski definition) is 11. The fourth-order valence-electron chi connectivity index (χ4n) is 6.83. The fourth-order valence-corrected chi connectivity index (χ4v) is 8.41. The largest absolute Gasteiger partial charge is 0.510 e. The number of amides is 2. The summed E-state index contributed by atoms with van der Waals surface area (Å²) in [6.45, 7) is -0.171. The van der Waals surface area contributed by atoms with Crippen LogP contribution in [0, 0.1) is 5.92 Å². The van der Waals surface area contributed by atoms with Crippen LogP contribution >= 0.6 is 19.8 Å². The molecule has 0 radical (unpaired) electrons. The van der Waals surface area contributed by atoms with Gasteiger partial charge in [0.2, 0.25) is 16.7 Å². The molecule has 1 heterocycles. The zero-order valence-corrected chi connectivity index (χ0v) is 35.9. The first kappa shape index (κ1) is 45.9. The van der Waals surface area contributed by atoms with Crippen LogP contribution in [0.1, 0.15) is 39.2 Å². The molecule has 324 valence electrons. The third kappa shape index (κ3) is 14.5. The molecule has 0 bridgehead atoms. The summed E-state index contributed by atoms with van der Waals surface area (Å²) < 4.78 is 30.3. The quantitative estimate of drug-likeness (QED) is 0.0309. The first-order valence-electron chi connectivity index (χ1n) is 20.3. The van der Waals surface area contributed by atoms with E-state index in [1.807, 2.05) is 78.9 Å². The van der Waals surface area contributed by atoms with Crippen molar-refractivity contribution in [3.05, 3.63) is 180 Å². The number of benzene rings is 5. The minimum atomic E-state index is -3.05. The van der Waals surface area contributed by atoms with Crippen LogP contribution in [-0.2, 0) is 49.5 Å². The highest BCUT2D eigenvalue weighted by Gasteiger charge is 2.43. The number of rotatable bonds is 21. The Morgan fingerprint density at radius 2 is 1.32 bits per heavy atom. The van der Waals surface area contributed by atoms with Gasteiger partial charge in [0.25, 0.3) is 0 Å². The Kier molecular flexibility index (Phi) is 17.2. The third-order valence-electron chi connectivity index (χ3n) is 10.1. The number of hydrogen-bond donors (Lipinski definition) is 4. The molecule has 4 N–H and O–H groups in total. The van der Waals surface area contributed by atoms with E-state index in [1.54, 1.807) is 60.7 Å². The molecule has 6 rings (SSSR count). The number of ether oxygens (including phenoxy) is 2. The topological polar surface area (TPSA) is 194 Å². The second-order valence-corrected chi connectivity index (χ2v) is 17.0. The van der Waals surface area contributed by atoms with Crippen LogP contribution in [0.3, 0.4) is 0 Å². The van der Waals surface area contributed by atoms with Gasteiger partial charge in [0.1, 0.15) is 36.5 Å². The molecule has 0 saturated heterocycles. The van der Waals surface area contributed by atoms with Crippen LogP contribution in [0.15, 0.2) is 156 Å². The minimum absolute atomic E-state index is 0.00999. The van der Waals surface area contributed by atoms with E-state index < -0.39 is 49.7 Å². The maximum Gasteiger partial charge on any atom is 0.510 e. The number of aromatic nitrogens is 1. The number of thioether (sulfide) groups is 1. The van der Waals surface area contributed by atoms with Crippen LogP contribution in [0.4, 0.5) is 4.79 Å². The van der Waals surface area contributed by atoms with E-state index in [-0.39, 0.29) is 55.5 Å². The van der Waals surface area contributed by atoms with Gasteiger partial charge in [0.05, 0.1) is 6.04 Å². The number of nitrogens with zero attached hydrogens (tertiary/aromatic N) is 1. The Labute approximate surface area is 370 Å². The summed E-state index contributed by atoms with van der Waals surface area (Å²) in [5, 5.41) is 19.6. The van der Waals surface area contributed by atoms with Crippen LogP contribution in [0.2, 0.25) is 0 Å². The molecule has 5 aromatic carbocycles. The number of phenols is 1. The lowest BCUT2D eigenvalue weighted by molar-refractivity contribution is -0.147. The van der Waals surface area contributed by atoms with Gasteiger partial charge >= 0.3 is 20.1 Å². The van der Waals surface area contributed by atoms with Crippen LogP contribution < -0.4 is 10.6 Å². The normalized spacial score (nSPS) is 13.1. The molecule has 5 atom stereocenters. The zero-order valence-electron chi connectivity index (χ0n) is 34.2. The average Bonchev–Trinajstić information content (AvgIpc) is 3.78. The van der Waals surface area contributed by atoms with E-state index in [1.165, 1.54) is 12.1 Å². The molecule has 63 heavy (non-hydrogen) atoms. The van der Waals surface area contributed by atoms with Crippen molar-refractivity contribution in [3.8, 4) is 17.0 Å². The number of alkyl carbamates (subject to hydrolysis) is 1. The number of aromatic hydroxyl groups is 1. The first-order valence-corrected chi connectivity index (χ1v) is 22.5. The van der Waals surface area contributed by atoms with Crippen LogP contribution in [0.5, 0.6) is 5.75 Å². The molecule has 0 aliphatic rings. The van der Waals surface area contributed by atoms with Crippen molar-refractivity contribution >= 4 is 42.9 Å². The highest BCUT2D eigenvalue weighted by Crippen LogP contribution is 2.35. The smallest absolute Gasteiger partial charge is 0.508 e. The second kappa shape index (κ2) is 23.6. The van der Waals surface area contributed by atoms with E-state index >= 15 is 0 Å². The Bertz CT molecular complexity index is 2410. The molecule has 13 nitrogen and oxygen atoms in total. The summed E-state index contributed by atoms with van der Waals surface area (Å²) >= 11 is 0.990. The van der Waals surface area contributed by atoms with Gasteiger partial charge in [-0.3, -0.25) is 9.59 Å². The third-order valence-corrected chi connectivity index (χ3v) is 12.1. The van der Waals surface area contributed by atoms with Gasteiger partial charge in [-0.1, -0.05) is 150 Å². The van der Waals surface area contributed by atoms with E-state index in [4.69, 9.17) is 14.0 Å². The van der Waals surface area contributed by atoms with Gasteiger partial charge in [-0.2, -0.15) is 4.89 Å². The van der Waals surface area contributed by atoms with Gasteiger partial charge in [-0.15, -0.1) is 0 Å². The predicted octanol–water partition coefficient (Wildman–Crippen LogP) is 8.08. The van der Waals surface area contributed by atoms with Gasteiger partial charge in [0.15, 0.2) is 0 Å². The summed E-state index contributed by atoms with van der Waals surface area (Å²) in [7, 11) is -3.05. The molecule has 1 aromatic heterocycles. The van der Waals surface area contributed by atoms with E-state index in [0.717, 1.165) is 28.5 Å². The number of nitrogens with one attached hydrogen (secondary N) is 2. The number of phenolic OH excluding ortho intramolecular Hbond substituents is 1. The van der Waals surface area contributed by atoms with Crippen molar-refractivity contribution in [1.82, 2.24) is 15.8 Å². The Morgan fingerprint density at radius 3 is 1.97 bits per heavy atom. The average molecular weight is 889 g/mol. The lowest BCUT2D eigenvalue weighted by Crippen LogP contribution is -2.49. The number of carbonyl (C=O) groups is 4. The maximum absolute atomic E-state index is 14.6. The highest BCUT2D eigenvalue weighted by atomic mass is 32.2. The summed E-state index contributed by atoms with van der Waals surface area (Å²) in [4.78, 5) is 65.3. The minimum Gasteiger partial charge on any atom is -0.508 e. The molecule has 0 fully saturated rings. The van der Waals surface area contributed by atoms with Crippen molar-refractivity contribution in [2.75, 3.05) is 12.4 Å². The van der Waals surface area contributed by atoms with E-state index in [9.17, 15) is 33.7 Å². The molecule has 0 saturated carbocycles. The highest BCUT2D eigenvalue weighted by molar-refractivity contribution is 8.14. The van der Waals surface area contributed by atoms with Crippen LogP contribution in [-0.4, -0.2) is 68.3 Å². The van der Waals surface area contributed by atoms with Gasteiger partial charge in [-0.05, 0) is 39.8 Å². The molecular formula is C48H47N3O10PS+. The first-order chi connectivity index (χ1) is 30.6. The van der Waals surface area contributed by atoms with Crippen molar-refractivity contribution in [3.63, 3.8) is 0 Å². The number of carbonyl (C=O) groups excluding carboxylic acids is 4. The van der Waals surface area contributed by atoms with E-state index in [0.29, 0.717) is 22.6 Å². The standard InChI is InChI=1S/C48H46N3O10PS/c52-39-23-21-34(22-24-39)28-43(46(54)59-25-26-63-47(55)37-19-11-4-12-20-37)49-45(53)38(29-40-31-41(51-61-40)36-17-9-3-10-18-36)30-44(62(57)58)42(27-33-13-5-1-6-14-33)50-48(56)60-32-35-15-7-2-8-16-35/h1-24,31,38,42-44H,25-30,32H2,(H3-,49,50,52,53,56,57,58)/p+1/t38-,42+,43?,44?/m0/s1. The predicted molar refractivity (Wildman–Crippen MR) is 239 cm³/mol.